The predicted molar refractivity (Wildman–Crippen MR) is 62.2 cm³/mol. The first-order valence-electron chi connectivity index (χ1n) is 4.77. The van der Waals surface area contributed by atoms with Crippen molar-refractivity contribution in [3.8, 4) is 0 Å². The van der Waals surface area contributed by atoms with Crippen LogP contribution < -0.4 is 50.6 Å². The van der Waals surface area contributed by atoms with Gasteiger partial charge >= 0.3 is 54.0 Å². The summed E-state index contributed by atoms with van der Waals surface area (Å²) in [6, 6.07) is -1.06. The minimum Gasteiger partial charge on any atom is -0.785 e. The average Bonchev–Trinajstić information content (AvgIpc) is 2.25. The summed E-state index contributed by atoms with van der Waals surface area (Å²) in [5, 5.41) is 45.8. The van der Waals surface area contributed by atoms with Crippen LogP contribution in [-0.4, -0.2) is 75.5 Å². The Morgan fingerprint density at radius 2 is 1.24 bits per heavy atom. The van der Waals surface area contributed by atoms with Gasteiger partial charge in [-0.15, -0.1) is 4.75 Å². The van der Waals surface area contributed by atoms with Gasteiger partial charge in [0.1, 0.15) is 12.2 Å². The van der Waals surface area contributed by atoms with E-state index in [1.165, 1.54) is 0 Å². The molecule has 0 spiro atoms. The van der Waals surface area contributed by atoms with Gasteiger partial charge in [-0.25, -0.2) is 0 Å². The quantitative estimate of drug-likeness (QED) is 0.274. The van der Waals surface area contributed by atoms with Gasteiger partial charge in [-0.05, 0) is 0 Å². The summed E-state index contributed by atoms with van der Waals surface area (Å²) in [5.41, 5.74) is 5.13. The van der Waals surface area contributed by atoms with Crippen molar-refractivity contribution < 1.29 is 69.5 Å². The zero-order valence-electron chi connectivity index (χ0n) is 11.5. The van der Waals surface area contributed by atoms with Gasteiger partial charge in [0.2, 0.25) is 0 Å². The van der Waals surface area contributed by atoms with E-state index in [1.807, 2.05) is 0 Å². The van der Waals surface area contributed by atoms with E-state index in [0.29, 0.717) is 0 Å². The van der Waals surface area contributed by atoms with Crippen LogP contribution in [0.3, 0.4) is 0 Å². The fourth-order valence-corrected chi connectivity index (χ4v) is 0.638. The summed E-state index contributed by atoms with van der Waals surface area (Å²) in [7, 11) is 0. The maximum absolute atomic E-state index is 10.0. The van der Waals surface area contributed by atoms with Crippen LogP contribution in [0.4, 0.5) is 0 Å². The molecule has 0 bridgehead atoms. The molecule has 12 heteroatoms. The number of nitrogens with two attached hydrogens (primary N) is 1. The minimum atomic E-state index is -2.44. The molecule has 0 saturated carbocycles. The molecule has 2 radical (unpaired) electrons. The zero-order chi connectivity index (χ0) is 16.0. The smallest absolute Gasteiger partial charge is 0.785 e. The van der Waals surface area contributed by atoms with Crippen molar-refractivity contribution in [1.29, 1.82) is 0 Å². The van der Waals surface area contributed by atoms with Crippen molar-refractivity contribution >= 4 is 55.0 Å². The van der Waals surface area contributed by atoms with Gasteiger partial charge in [-0.3, -0.25) is 0 Å². The van der Waals surface area contributed by atoms with Crippen LogP contribution in [0.25, 0.3) is 0 Å². The van der Waals surface area contributed by atoms with E-state index in [1.54, 1.807) is 13.8 Å². The van der Waals surface area contributed by atoms with E-state index in [9.17, 15) is 29.7 Å². The normalized spacial score (nSPS) is 14.0. The molecule has 0 rings (SSSR count). The van der Waals surface area contributed by atoms with Crippen molar-refractivity contribution in [2.45, 2.75) is 36.8 Å². The zero-order valence-corrected chi connectivity index (χ0v) is 16.9. The first-order chi connectivity index (χ1) is 8.32. The van der Waals surface area contributed by atoms with Crippen LogP contribution >= 0.6 is 0 Å². The van der Waals surface area contributed by atoms with Crippen LogP contribution in [-0.2, 0) is 27.0 Å². The molecule has 0 aromatic rings. The molecule has 0 saturated heterocycles. The summed E-state index contributed by atoms with van der Waals surface area (Å²) in [5.74, 6) is -5.41. The van der Waals surface area contributed by atoms with Crippen LogP contribution in [0.2, 0.25) is 0 Å². The van der Waals surface area contributed by atoms with Gasteiger partial charge in [0.15, 0.2) is 0 Å². The van der Waals surface area contributed by atoms with E-state index in [4.69, 9.17) is 28.6 Å². The topological polar surface area (TPSA) is 187 Å². The maximum Gasteiger partial charge on any atom is 3.00 e. The molecule has 0 heterocycles. The Morgan fingerprint density at radius 1 is 1.00 bits per heavy atom. The number of rotatable bonds is 5. The molecule has 0 unspecified atom stereocenters. The average molecular weight is 440 g/mol. The van der Waals surface area contributed by atoms with Gasteiger partial charge in [0.05, 0.1) is 17.9 Å². The Bertz CT molecular complexity index is 333. The second-order valence-corrected chi connectivity index (χ2v) is 4.98. The van der Waals surface area contributed by atoms with Crippen molar-refractivity contribution in [1.82, 2.24) is 0 Å². The van der Waals surface area contributed by atoms with Crippen molar-refractivity contribution in [2.75, 3.05) is 0 Å². The number of carboxylic acids is 3. The maximum atomic E-state index is 10.0. The Kier molecular flexibility index (Phi) is 18.2. The molecule has 0 aromatic heterocycles. The number of carboxylic acid groups (broad SMARTS) is 3. The Labute approximate surface area is 166 Å². The first-order valence-corrected chi connectivity index (χ1v) is 5.17. The van der Waals surface area contributed by atoms with Crippen LogP contribution in [0.5, 0.6) is 0 Å². The molecule has 21 heavy (non-hydrogen) atoms. The number of aliphatic carboxylic acids is 3. The summed E-state index contributed by atoms with van der Waals surface area (Å²) in [6.45, 7) is 3.14. The van der Waals surface area contributed by atoms with Crippen molar-refractivity contribution in [3.05, 3.63) is 0 Å². The molecule has 9 nitrogen and oxygen atoms in total. The van der Waals surface area contributed by atoms with Crippen LogP contribution in [0.15, 0.2) is 0 Å². The molecule has 0 fully saturated rings. The number of hydrogen-bond acceptors (Lipinski definition) is 10. The number of aliphatic hydroxyl groups excluding tert-OH is 2. The summed E-state index contributed by atoms with van der Waals surface area (Å²) < 4.78 is -0.821. The van der Waals surface area contributed by atoms with E-state index in [-0.39, 0.29) is 54.0 Å². The number of hydrogen-bond donors (Lipinski definition) is 3. The van der Waals surface area contributed by atoms with E-state index in [0.717, 1.165) is 0 Å². The van der Waals surface area contributed by atoms with E-state index in [2.05, 4.69) is 0 Å². The van der Waals surface area contributed by atoms with Gasteiger partial charge in [-0.2, -0.15) is 0 Å². The third-order valence-corrected chi connectivity index (χ3v) is 2.04. The van der Waals surface area contributed by atoms with Crippen molar-refractivity contribution in [3.63, 3.8) is 0 Å². The predicted octanol–water partition coefficient (Wildman–Crippen LogP) is -9.78. The van der Waals surface area contributed by atoms with Crippen molar-refractivity contribution in [2.24, 2.45) is 5.73 Å². The molecule has 4 N–H and O–H groups in total. The standard InChI is InChI=1S/C5H11NO2S.C4H6O6.Na.Sb/c1-5(2,9)3(6)4(7)8;5-1(3(7)8)2(6)4(9)10;;/h3,9H,6H2,1-2H3,(H,7,8);1-2,5-6H,(H,7,8)(H,9,10);;/q;;+1;+3/p-4/t3-;1-,2-;;/m11../s1. The van der Waals surface area contributed by atoms with Gasteiger partial charge in [0, 0.05) is 6.04 Å². The van der Waals surface area contributed by atoms with E-state index < -0.39 is 40.9 Å². The Hall–Kier alpha value is 0.458. The second-order valence-electron chi connectivity index (χ2n) is 3.93. The number of carbonyl (C=O) groups excluding carboxylic acids is 3. The third-order valence-electron chi connectivity index (χ3n) is 1.78. The molecule has 0 aliphatic carbocycles. The Morgan fingerprint density at radius 3 is 1.29 bits per heavy atom. The molecule has 0 amide bonds. The monoisotopic (exact) mass is 439 g/mol. The summed E-state index contributed by atoms with van der Waals surface area (Å²) in [6.07, 6.45) is -4.88. The Balaban J connectivity index is -0.000000126. The summed E-state index contributed by atoms with van der Waals surface area (Å²) in [4.78, 5) is 29.3. The van der Waals surface area contributed by atoms with Gasteiger partial charge in [-0.1, -0.05) is 13.8 Å². The van der Waals surface area contributed by atoms with Gasteiger partial charge < -0.3 is 58.3 Å². The van der Waals surface area contributed by atoms with Gasteiger partial charge in [0.25, 0.3) is 0 Å². The molecular formula is C9H13NNaO8SSb. The number of carbonyl (C=O) groups is 3. The summed E-state index contributed by atoms with van der Waals surface area (Å²) >= 11 is 4.74. The first kappa shape index (κ1) is 29.5. The molecule has 114 valence electrons. The molecule has 3 atom stereocenters. The molecule has 0 aromatic carbocycles. The van der Waals surface area contributed by atoms with Crippen LogP contribution in [0.1, 0.15) is 13.8 Å². The largest absolute Gasteiger partial charge is 3.00 e. The molecular weight excluding hydrogens is 427 g/mol. The third kappa shape index (κ3) is 13.8. The minimum absolute atomic E-state index is 0. The fraction of sp³-hybridized carbons (Fsp3) is 0.667. The fourth-order valence-electron chi connectivity index (χ4n) is 0.542. The molecule has 0 aliphatic heterocycles. The SMILES string of the molecule is CC(C)([S-])[C@H](N)C(=O)[O-].O=C([O-])[C@H](O)[C@@H](O)C(=O)[O-].[Na+].[Sb+3]. The second kappa shape index (κ2) is 12.9. The van der Waals surface area contributed by atoms with Crippen LogP contribution in [0, 0.1) is 0 Å². The number of aliphatic hydroxyl groups is 2. The van der Waals surface area contributed by atoms with E-state index >= 15 is 0 Å². The molecule has 0 aliphatic rings.